The molecule has 0 radical (unpaired) electrons. The minimum atomic E-state index is -0.751. The van der Waals surface area contributed by atoms with Crippen LogP contribution in [-0.2, 0) is 4.74 Å². The molecule has 0 bridgehead atoms. The second kappa shape index (κ2) is 5.13. The Balaban J connectivity index is 2.45. The Bertz CT molecular complexity index is 525. The molecule has 1 aliphatic rings. The largest absolute Gasteiger partial charge is 0.486 e. The van der Waals surface area contributed by atoms with Crippen molar-refractivity contribution in [2.24, 2.45) is 0 Å². The summed E-state index contributed by atoms with van der Waals surface area (Å²) in [6.07, 6.45) is -0.361. The molecule has 1 aliphatic heterocycles. The number of rotatable bonds is 3. The first-order chi connectivity index (χ1) is 8.99. The maximum atomic E-state index is 11.8. The van der Waals surface area contributed by atoms with Crippen LogP contribution in [0.4, 0.5) is 5.69 Å². The van der Waals surface area contributed by atoms with E-state index in [9.17, 15) is 14.9 Å². The van der Waals surface area contributed by atoms with Crippen molar-refractivity contribution in [1.82, 2.24) is 0 Å². The van der Waals surface area contributed by atoms with Crippen molar-refractivity contribution in [3.8, 4) is 11.5 Å². The third-order valence-corrected chi connectivity index (χ3v) is 2.42. The molecule has 0 saturated carbocycles. The van der Waals surface area contributed by atoms with E-state index in [0.717, 1.165) is 0 Å². The number of benzene rings is 1. The number of fused-ring (bicyclic) bond motifs is 1. The third-order valence-electron chi connectivity index (χ3n) is 2.42. The lowest BCUT2D eigenvalue weighted by Gasteiger charge is -2.19. The topological polar surface area (TPSA) is 87.9 Å². The van der Waals surface area contributed by atoms with E-state index in [0.29, 0.717) is 19.0 Å². The zero-order valence-electron chi connectivity index (χ0n) is 10.5. The van der Waals surface area contributed by atoms with Crippen LogP contribution in [0.25, 0.3) is 0 Å². The van der Waals surface area contributed by atoms with Gasteiger partial charge >= 0.3 is 5.97 Å². The lowest BCUT2D eigenvalue weighted by molar-refractivity contribution is -0.385. The highest BCUT2D eigenvalue weighted by atomic mass is 16.6. The summed E-state index contributed by atoms with van der Waals surface area (Å²) >= 11 is 0. The van der Waals surface area contributed by atoms with Crippen molar-refractivity contribution < 1.29 is 23.9 Å². The van der Waals surface area contributed by atoms with Crippen LogP contribution in [-0.4, -0.2) is 30.2 Å². The van der Waals surface area contributed by atoms with Crippen molar-refractivity contribution in [1.29, 1.82) is 0 Å². The van der Waals surface area contributed by atoms with E-state index in [1.54, 1.807) is 13.8 Å². The molecule has 0 atom stereocenters. The summed E-state index contributed by atoms with van der Waals surface area (Å²) < 4.78 is 15.5. The van der Waals surface area contributed by atoms with Crippen LogP contribution >= 0.6 is 0 Å². The SMILES string of the molecule is CC(C)OC(=O)c1cc2c(cc1[N+](=O)[O-])OCCO2. The summed E-state index contributed by atoms with van der Waals surface area (Å²) in [6, 6.07) is 2.47. The maximum Gasteiger partial charge on any atom is 0.345 e. The lowest BCUT2D eigenvalue weighted by Crippen LogP contribution is -2.18. The van der Waals surface area contributed by atoms with E-state index in [1.165, 1.54) is 12.1 Å². The highest BCUT2D eigenvalue weighted by molar-refractivity contribution is 5.95. The maximum absolute atomic E-state index is 11.8. The number of hydrogen-bond acceptors (Lipinski definition) is 6. The molecule has 0 aliphatic carbocycles. The van der Waals surface area contributed by atoms with Gasteiger partial charge in [-0.25, -0.2) is 4.79 Å². The lowest BCUT2D eigenvalue weighted by atomic mass is 10.1. The Hall–Kier alpha value is -2.31. The fourth-order valence-corrected chi connectivity index (χ4v) is 1.67. The van der Waals surface area contributed by atoms with E-state index in [-0.39, 0.29) is 23.1 Å². The minimum absolute atomic E-state index is 0.136. The van der Waals surface area contributed by atoms with Crippen LogP contribution in [0.15, 0.2) is 12.1 Å². The van der Waals surface area contributed by atoms with Gasteiger partial charge in [0.25, 0.3) is 5.69 Å². The molecule has 0 spiro atoms. The molecular formula is C12H13NO6. The van der Waals surface area contributed by atoms with Gasteiger partial charge < -0.3 is 14.2 Å². The van der Waals surface area contributed by atoms with E-state index in [1.807, 2.05) is 0 Å². The fraction of sp³-hybridized carbons (Fsp3) is 0.417. The van der Waals surface area contributed by atoms with Crippen LogP contribution in [0.5, 0.6) is 11.5 Å². The normalized spacial score (nSPS) is 13.2. The molecule has 1 aromatic carbocycles. The summed E-state index contributed by atoms with van der Waals surface area (Å²) in [5.41, 5.74) is -0.488. The molecule has 0 aromatic heterocycles. The molecule has 0 unspecified atom stereocenters. The average molecular weight is 267 g/mol. The Morgan fingerprint density at radius 2 is 1.89 bits per heavy atom. The van der Waals surface area contributed by atoms with E-state index in [4.69, 9.17) is 14.2 Å². The molecule has 0 fully saturated rings. The van der Waals surface area contributed by atoms with E-state index < -0.39 is 10.9 Å². The number of nitro groups is 1. The van der Waals surface area contributed by atoms with Crippen molar-refractivity contribution in [3.63, 3.8) is 0 Å². The highest BCUT2D eigenvalue weighted by Crippen LogP contribution is 2.36. The van der Waals surface area contributed by atoms with Crippen LogP contribution in [0.3, 0.4) is 0 Å². The number of ether oxygens (including phenoxy) is 3. The molecule has 2 rings (SSSR count). The number of carbonyl (C=O) groups excluding carboxylic acids is 1. The van der Waals surface area contributed by atoms with Crippen LogP contribution in [0, 0.1) is 10.1 Å². The van der Waals surface area contributed by atoms with Crippen molar-refractivity contribution in [3.05, 3.63) is 27.8 Å². The predicted molar refractivity (Wildman–Crippen MR) is 64.6 cm³/mol. The van der Waals surface area contributed by atoms with Crippen LogP contribution in [0.1, 0.15) is 24.2 Å². The standard InChI is InChI=1S/C12H13NO6/c1-7(2)19-12(14)8-5-10-11(18-4-3-17-10)6-9(8)13(15)16/h5-7H,3-4H2,1-2H3. The number of nitrogens with zero attached hydrogens (tertiary/aromatic N) is 1. The van der Waals surface area contributed by atoms with Gasteiger partial charge in [0.2, 0.25) is 0 Å². The summed E-state index contributed by atoms with van der Waals surface area (Å²) in [5.74, 6) is -0.176. The number of carbonyl (C=O) groups is 1. The van der Waals surface area contributed by atoms with Gasteiger partial charge in [-0.15, -0.1) is 0 Å². The Morgan fingerprint density at radius 1 is 1.32 bits per heavy atom. The Morgan fingerprint density at radius 3 is 2.42 bits per heavy atom. The summed E-state index contributed by atoms with van der Waals surface area (Å²) in [4.78, 5) is 22.2. The van der Waals surface area contributed by atoms with Crippen LogP contribution < -0.4 is 9.47 Å². The monoisotopic (exact) mass is 267 g/mol. The Labute approximate surface area is 109 Å². The third kappa shape index (κ3) is 2.75. The molecule has 7 nitrogen and oxygen atoms in total. The van der Waals surface area contributed by atoms with Crippen molar-refractivity contribution in [2.45, 2.75) is 20.0 Å². The number of nitro benzene ring substituents is 1. The van der Waals surface area contributed by atoms with Gasteiger partial charge in [0, 0.05) is 6.07 Å². The van der Waals surface area contributed by atoms with Gasteiger partial charge in [-0.2, -0.15) is 0 Å². The molecule has 1 heterocycles. The van der Waals surface area contributed by atoms with Gasteiger partial charge in [-0.1, -0.05) is 0 Å². The minimum Gasteiger partial charge on any atom is -0.486 e. The van der Waals surface area contributed by atoms with Crippen LogP contribution in [0.2, 0.25) is 0 Å². The van der Waals surface area contributed by atoms with E-state index >= 15 is 0 Å². The molecule has 102 valence electrons. The highest BCUT2D eigenvalue weighted by Gasteiger charge is 2.27. The first kappa shape index (κ1) is 13.1. The van der Waals surface area contributed by atoms with Gasteiger partial charge in [-0.3, -0.25) is 10.1 Å². The Kier molecular flexibility index (Phi) is 3.55. The second-order valence-corrected chi connectivity index (χ2v) is 4.22. The molecule has 7 heteroatoms. The second-order valence-electron chi connectivity index (χ2n) is 4.22. The van der Waals surface area contributed by atoms with Gasteiger partial charge in [0.05, 0.1) is 17.1 Å². The van der Waals surface area contributed by atoms with Gasteiger partial charge in [-0.05, 0) is 13.8 Å². The van der Waals surface area contributed by atoms with Gasteiger partial charge in [0.15, 0.2) is 11.5 Å². The molecule has 0 amide bonds. The molecule has 0 saturated heterocycles. The first-order valence-corrected chi connectivity index (χ1v) is 5.78. The van der Waals surface area contributed by atoms with Crippen molar-refractivity contribution in [2.75, 3.05) is 13.2 Å². The van der Waals surface area contributed by atoms with Crippen molar-refractivity contribution >= 4 is 11.7 Å². The summed E-state index contributed by atoms with van der Waals surface area (Å²) in [5, 5.41) is 11.0. The number of hydrogen-bond donors (Lipinski definition) is 0. The molecule has 1 aromatic rings. The average Bonchev–Trinajstić information content (AvgIpc) is 2.36. The number of esters is 1. The first-order valence-electron chi connectivity index (χ1n) is 5.78. The smallest absolute Gasteiger partial charge is 0.345 e. The quantitative estimate of drug-likeness (QED) is 0.472. The molecular weight excluding hydrogens is 254 g/mol. The fourth-order valence-electron chi connectivity index (χ4n) is 1.67. The predicted octanol–water partition coefficient (Wildman–Crippen LogP) is 1.93. The summed E-state index contributed by atoms with van der Waals surface area (Å²) in [6.45, 7) is 3.99. The zero-order chi connectivity index (χ0) is 14.0. The molecule has 19 heavy (non-hydrogen) atoms. The summed E-state index contributed by atoms with van der Waals surface area (Å²) in [7, 11) is 0. The van der Waals surface area contributed by atoms with E-state index in [2.05, 4.69) is 0 Å². The van der Waals surface area contributed by atoms with Gasteiger partial charge in [0.1, 0.15) is 18.8 Å². The molecule has 0 N–H and O–H groups in total. The zero-order valence-corrected chi connectivity index (χ0v) is 10.5.